The van der Waals surface area contributed by atoms with Crippen LogP contribution in [0.25, 0.3) is 0 Å². The molecule has 0 fully saturated rings. The summed E-state index contributed by atoms with van der Waals surface area (Å²) >= 11 is 0.435. The molecule has 0 aromatic carbocycles. The molecule has 1 unspecified atom stereocenters. The van der Waals surface area contributed by atoms with E-state index in [1.54, 1.807) is 19.2 Å². The van der Waals surface area contributed by atoms with Crippen molar-refractivity contribution in [2.45, 2.75) is 19.2 Å². The van der Waals surface area contributed by atoms with E-state index in [9.17, 15) is 18.3 Å². The lowest BCUT2D eigenvalue weighted by molar-refractivity contribution is -0.137. The van der Waals surface area contributed by atoms with Crippen LogP contribution in [-0.4, -0.2) is 15.1 Å². The Morgan fingerprint density at radius 2 is 2.00 bits per heavy atom. The summed E-state index contributed by atoms with van der Waals surface area (Å²) in [7, 11) is 0. The maximum atomic E-state index is 12.4. The first-order valence-electron chi connectivity index (χ1n) is 5.00. The minimum Gasteiger partial charge on any atom is -0.383 e. The average molecular weight is 274 g/mol. The zero-order valence-corrected chi connectivity index (χ0v) is 10.1. The predicted molar refractivity (Wildman–Crippen MR) is 60.2 cm³/mol. The number of aryl methyl sites for hydroxylation is 1. The Hall–Kier alpha value is -1.47. The average Bonchev–Trinajstić information content (AvgIpc) is 2.77. The Morgan fingerprint density at radius 3 is 2.56 bits per heavy atom. The van der Waals surface area contributed by atoms with Crippen molar-refractivity contribution >= 4 is 11.3 Å². The van der Waals surface area contributed by atoms with Crippen molar-refractivity contribution in [3.63, 3.8) is 0 Å². The van der Waals surface area contributed by atoms with Crippen molar-refractivity contribution in [3.05, 3.63) is 45.7 Å². The van der Waals surface area contributed by atoms with Crippen LogP contribution >= 0.6 is 11.3 Å². The first-order valence-corrected chi connectivity index (χ1v) is 5.82. The number of halogens is 3. The van der Waals surface area contributed by atoms with Gasteiger partial charge in [-0.1, -0.05) is 6.07 Å². The molecule has 1 atom stereocenters. The number of rotatable bonds is 2. The number of aliphatic hydroxyl groups is 1. The fourth-order valence-electron chi connectivity index (χ4n) is 1.44. The molecule has 2 aromatic rings. The maximum Gasteiger partial charge on any atom is 0.443 e. The molecule has 0 aliphatic carbocycles. The standard InChI is InChI=1S/C11H9F3N2OS/c1-6-2-7(4-15-3-6)9(17)8-5-16-10(18-8)11(12,13)14/h2-5,9,17H,1H3. The highest BCUT2D eigenvalue weighted by molar-refractivity contribution is 7.11. The van der Waals surface area contributed by atoms with Crippen LogP contribution in [0.2, 0.25) is 0 Å². The first-order chi connectivity index (χ1) is 8.38. The molecule has 96 valence electrons. The van der Waals surface area contributed by atoms with E-state index >= 15 is 0 Å². The second-order valence-electron chi connectivity index (χ2n) is 3.76. The Labute approximate surface area is 105 Å². The van der Waals surface area contributed by atoms with E-state index < -0.39 is 17.3 Å². The van der Waals surface area contributed by atoms with Gasteiger partial charge < -0.3 is 5.11 Å². The number of aliphatic hydroxyl groups excluding tert-OH is 1. The summed E-state index contributed by atoms with van der Waals surface area (Å²) in [5.74, 6) is 0. The van der Waals surface area contributed by atoms with Gasteiger partial charge in [0.15, 0.2) is 5.01 Å². The van der Waals surface area contributed by atoms with Crippen molar-refractivity contribution in [1.29, 1.82) is 0 Å². The molecule has 7 heteroatoms. The molecule has 0 amide bonds. The minimum absolute atomic E-state index is 0.148. The van der Waals surface area contributed by atoms with Crippen molar-refractivity contribution in [2.24, 2.45) is 0 Å². The topological polar surface area (TPSA) is 46.0 Å². The number of hydrogen-bond donors (Lipinski definition) is 1. The van der Waals surface area contributed by atoms with Gasteiger partial charge in [-0.25, -0.2) is 4.98 Å². The van der Waals surface area contributed by atoms with E-state index in [4.69, 9.17) is 0 Å². The summed E-state index contributed by atoms with van der Waals surface area (Å²) in [6.45, 7) is 1.79. The molecule has 3 nitrogen and oxygen atoms in total. The molecule has 1 N–H and O–H groups in total. The molecule has 2 heterocycles. The number of pyridine rings is 1. The van der Waals surface area contributed by atoms with Gasteiger partial charge in [0.25, 0.3) is 0 Å². The lowest BCUT2D eigenvalue weighted by atomic mass is 10.1. The van der Waals surface area contributed by atoms with Gasteiger partial charge in [-0.3, -0.25) is 4.98 Å². The van der Waals surface area contributed by atoms with E-state index in [1.165, 1.54) is 6.20 Å². The second-order valence-corrected chi connectivity index (χ2v) is 4.83. The normalized spacial score (nSPS) is 13.6. The van der Waals surface area contributed by atoms with Gasteiger partial charge in [-0.05, 0) is 12.5 Å². The highest BCUT2D eigenvalue weighted by Gasteiger charge is 2.35. The predicted octanol–water partition coefficient (Wildman–Crippen LogP) is 2.95. The number of aromatic nitrogens is 2. The molecule has 0 spiro atoms. The monoisotopic (exact) mass is 274 g/mol. The van der Waals surface area contributed by atoms with Crippen LogP contribution in [0.3, 0.4) is 0 Å². The molecule has 2 aromatic heterocycles. The van der Waals surface area contributed by atoms with Gasteiger partial charge in [-0.2, -0.15) is 13.2 Å². The van der Waals surface area contributed by atoms with E-state index in [2.05, 4.69) is 9.97 Å². The summed E-state index contributed by atoms with van der Waals surface area (Å²) in [6.07, 6.45) is -1.55. The SMILES string of the molecule is Cc1cncc(C(O)c2cnc(C(F)(F)F)s2)c1. The van der Waals surface area contributed by atoms with Gasteiger partial charge in [0.1, 0.15) is 6.10 Å². The molecular formula is C11H9F3N2OS. The van der Waals surface area contributed by atoms with Crippen LogP contribution < -0.4 is 0 Å². The molecule has 18 heavy (non-hydrogen) atoms. The summed E-state index contributed by atoms with van der Waals surface area (Å²) in [4.78, 5) is 7.31. The van der Waals surface area contributed by atoms with Gasteiger partial charge in [-0.15, -0.1) is 11.3 Å². The van der Waals surface area contributed by atoms with E-state index in [-0.39, 0.29) is 4.88 Å². The van der Waals surface area contributed by atoms with Crippen LogP contribution in [0.15, 0.2) is 24.7 Å². The third kappa shape index (κ3) is 2.68. The number of alkyl halides is 3. The third-order valence-corrected chi connectivity index (χ3v) is 3.34. The quantitative estimate of drug-likeness (QED) is 0.915. The number of nitrogens with zero attached hydrogens (tertiary/aromatic N) is 2. The number of thiazole rings is 1. The van der Waals surface area contributed by atoms with Gasteiger partial charge in [0.05, 0.1) is 4.88 Å². The lowest BCUT2D eigenvalue weighted by Gasteiger charge is -2.08. The second kappa shape index (κ2) is 4.66. The van der Waals surface area contributed by atoms with Crippen LogP contribution in [0.4, 0.5) is 13.2 Å². The van der Waals surface area contributed by atoms with Crippen LogP contribution in [-0.2, 0) is 6.18 Å². The Balaban J connectivity index is 2.29. The zero-order valence-electron chi connectivity index (χ0n) is 9.27. The molecule has 0 saturated carbocycles. The first kappa shape index (κ1) is 13.0. The Kier molecular flexibility index (Phi) is 3.36. The fourth-order valence-corrected chi connectivity index (χ4v) is 2.23. The van der Waals surface area contributed by atoms with Crippen molar-refractivity contribution in [2.75, 3.05) is 0 Å². The fraction of sp³-hybridized carbons (Fsp3) is 0.273. The Bertz CT molecular complexity index is 553. The highest BCUT2D eigenvalue weighted by atomic mass is 32.1. The molecule has 0 bridgehead atoms. The maximum absolute atomic E-state index is 12.4. The molecular weight excluding hydrogens is 265 g/mol. The number of hydrogen-bond acceptors (Lipinski definition) is 4. The van der Waals surface area contributed by atoms with Crippen LogP contribution in [0, 0.1) is 6.92 Å². The zero-order chi connectivity index (χ0) is 13.3. The van der Waals surface area contributed by atoms with Crippen LogP contribution in [0.5, 0.6) is 0 Å². The molecule has 0 aliphatic heterocycles. The lowest BCUT2D eigenvalue weighted by Crippen LogP contribution is -2.03. The van der Waals surface area contributed by atoms with E-state index in [0.29, 0.717) is 16.9 Å². The van der Waals surface area contributed by atoms with Crippen molar-refractivity contribution in [3.8, 4) is 0 Å². The van der Waals surface area contributed by atoms with E-state index in [0.717, 1.165) is 11.8 Å². The van der Waals surface area contributed by atoms with Crippen LogP contribution in [0.1, 0.15) is 27.1 Å². The van der Waals surface area contributed by atoms with Gasteiger partial charge in [0.2, 0.25) is 0 Å². The molecule has 0 aliphatic rings. The molecule has 0 radical (unpaired) electrons. The minimum atomic E-state index is -4.48. The highest BCUT2D eigenvalue weighted by Crippen LogP contribution is 2.35. The van der Waals surface area contributed by atoms with E-state index in [1.807, 2.05) is 0 Å². The third-order valence-electron chi connectivity index (χ3n) is 2.25. The smallest absolute Gasteiger partial charge is 0.383 e. The summed E-state index contributed by atoms with van der Waals surface area (Å²) in [5, 5.41) is 9.00. The van der Waals surface area contributed by atoms with Crippen molar-refractivity contribution in [1.82, 2.24) is 9.97 Å². The van der Waals surface area contributed by atoms with Gasteiger partial charge >= 0.3 is 6.18 Å². The Morgan fingerprint density at radius 1 is 1.28 bits per heavy atom. The van der Waals surface area contributed by atoms with Gasteiger partial charge in [0, 0.05) is 24.2 Å². The molecule has 2 rings (SSSR count). The summed E-state index contributed by atoms with van der Waals surface area (Å²) in [6, 6.07) is 1.67. The van der Waals surface area contributed by atoms with Crippen molar-refractivity contribution < 1.29 is 18.3 Å². The largest absolute Gasteiger partial charge is 0.443 e. The summed E-state index contributed by atoms with van der Waals surface area (Å²) < 4.78 is 37.2. The summed E-state index contributed by atoms with van der Waals surface area (Å²) in [5.41, 5.74) is 1.28. The molecule has 0 saturated heterocycles.